The zero-order valence-corrected chi connectivity index (χ0v) is 11.8. The van der Waals surface area contributed by atoms with E-state index in [4.69, 9.17) is 18.0 Å². The number of amides is 1. The van der Waals surface area contributed by atoms with Gasteiger partial charge in [-0.05, 0) is 33.2 Å². The highest BCUT2D eigenvalue weighted by Gasteiger charge is 2.33. The van der Waals surface area contributed by atoms with Crippen molar-refractivity contribution in [1.29, 1.82) is 0 Å². The van der Waals surface area contributed by atoms with Gasteiger partial charge in [-0.1, -0.05) is 12.2 Å². The lowest BCUT2D eigenvalue weighted by molar-refractivity contribution is -0.131. The molecule has 1 rings (SSSR count). The van der Waals surface area contributed by atoms with Crippen LogP contribution in [-0.2, 0) is 4.79 Å². The molecule has 1 aliphatic rings. The van der Waals surface area contributed by atoms with Gasteiger partial charge in [0, 0.05) is 25.6 Å². The van der Waals surface area contributed by atoms with Gasteiger partial charge in [0.2, 0.25) is 5.91 Å². The van der Waals surface area contributed by atoms with Crippen LogP contribution in [0.15, 0.2) is 0 Å². The number of hydrogen-bond donors (Lipinski definition) is 1. The highest BCUT2D eigenvalue weighted by molar-refractivity contribution is 7.80. The summed E-state index contributed by atoms with van der Waals surface area (Å²) in [7, 11) is 1.81. The van der Waals surface area contributed by atoms with Crippen molar-refractivity contribution in [3.63, 3.8) is 0 Å². The summed E-state index contributed by atoms with van der Waals surface area (Å²) in [6.45, 7) is 6.52. The second kappa shape index (κ2) is 5.78. The van der Waals surface area contributed by atoms with E-state index in [1.807, 2.05) is 7.05 Å². The standard InChI is InChI=1S/C12H23N3OS/c1-12(2)6-4-7-15(12)9-11(16)14(3)8-5-10(13)17/h4-9H2,1-3H3,(H2,13,17). The van der Waals surface area contributed by atoms with Crippen LogP contribution in [0.5, 0.6) is 0 Å². The van der Waals surface area contributed by atoms with Crippen LogP contribution in [-0.4, -0.2) is 52.9 Å². The molecule has 1 amide bonds. The Bertz CT molecular complexity index is 304. The van der Waals surface area contributed by atoms with E-state index in [1.54, 1.807) is 4.90 Å². The monoisotopic (exact) mass is 257 g/mol. The highest BCUT2D eigenvalue weighted by Crippen LogP contribution is 2.27. The molecular weight excluding hydrogens is 234 g/mol. The van der Waals surface area contributed by atoms with E-state index in [2.05, 4.69) is 18.7 Å². The maximum absolute atomic E-state index is 12.0. The lowest BCUT2D eigenvalue weighted by Gasteiger charge is -2.32. The van der Waals surface area contributed by atoms with Gasteiger partial charge in [-0.3, -0.25) is 9.69 Å². The molecule has 0 radical (unpaired) electrons. The van der Waals surface area contributed by atoms with Gasteiger partial charge in [0.25, 0.3) is 0 Å². The molecule has 1 fully saturated rings. The average molecular weight is 257 g/mol. The summed E-state index contributed by atoms with van der Waals surface area (Å²) in [5.41, 5.74) is 5.58. The third-order valence-corrected chi connectivity index (χ3v) is 3.72. The van der Waals surface area contributed by atoms with E-state index in [9.17, 15) is 4.79 Å². The highest BCUT2D eigenvalue weighted by atomic mass is 32.1. The molecular formula is C12H23N3OS. The zero-order chi connectivity index (χ0) is 13.1. The fourth-order valence-electron chi connectivity index (χ4n) is 2.14. The van der Waals surface area contributed by atoms with Gasteiger partial charge in [0.1, 0.15) is 0 Å². The van der Waals surface area contributed by atoms with Crippen LogP contribution in [0, 0.1) is 0 Å². The number of carbonyl (C=O) groups excluding carboxylic acids is 1. The van der Waals surface area contributed by atoms with Gasteiger partial charge in [0.05, 0.1) is 11.5 Å². The fourth-order valence-corrected chi connectivity index (χ4v) is 2.23. The molecule has 0 saturated carbocycles. The minimum absolute atomic E-state index is 0.149. The molecule has 0 unspecified atom stereocenters. The summed E-state index contributed by atoms with van der Waals surface area (Å²) in [5, 5.41) is 0. The molecule has 0 aromatic rings. The van der Waals surface area contributed by atoms with Crippen molar-refractivity contribution < 1.29 is 4.79 Å². The minimum Gasteiger partial charge on any atom is -0.393 e. The number of thiocarbonyl (C=S) groups is 1. The molecule has 1 saturated heterocycles. The summed E-state index contributed by atoms with van der Waals surface area (Å²) in [6, 6.07) is 0. The van der Waals surface area contributed by atoms with Crippen LogP contribution in [0.4, 0.5) is 0 Å². The molecule has 0 aromatic heterocycles. The Balaban J connectivity index is 2.40. The van der Waals surface area contributed by atoms with Crippen molar-refractivity contribution in [1.82, 2.24) is 9.80 Å². The zero-order valence-electron chi connectivity index (χ0n) is 11.0. The predicted molar refractivity (Wildman–Crippen MR) is 73.9 cm³/mol. The van der Waals surface area contributed by atoms with E-state index in [0.29, 0.717) is 24.5 Å². The van der Waals surface area contributed by atoms with E-state index >= 15 is 0 Å². The molecule has 17 heavy (non-hydrogen) atoms. The number of likely N-dealkylation sites (tertiary alicyclic amines) is 1. The molecule has 0 bridgehead atoms. The Morgan fingerprint density at radius 3 is 2.65 bits per heavy atom. The van der Waals surface area contributed by atoms with Gasteiger partial charge in [0.15, 0.2) is 0 Å². The van der Waals surface area contributed by atoms with Gasteiger partial charge in [-0.15, -0.1) is 0 Å². The largest absolute Gasteiger partial charge is 0.393 e. The first-order valence-electron chi connectivity index (χ1n) is 6.10. The Morgan fingerprint density at radius 2 is 2.18 bits per heavy atom. The minimum atomic E-state index is 0.149. The third-order valence-electron chi connectivity index (χ3n) is 3.52. The van der Waals surface area contributed by atoms with Crippen molar-refractivity contribution in [2.45, 2.75) is 38.6 Å². The van der Waals surface area contributed by atoms with Crippen LogP contribution in [0.25, 0.3) is 0 Å². The van der Waals surface area contributed by atoms with E-state index in [1.165, 1.54) is 6.42 Å². The summed E-state index contributed by atoms with van der Waals surface area (Å²) >= 11 is 4.81. The second-order valence-electron chi connectivity index (χ2n) is 5.37. The topological polar surface area (TPSA) is 49.6 Å². The third kappa shape index (κ3) is 4.24. The molecule has 5 heteroatoms. The van der Waals surface area contributed by atoms with Crippen molar-refractivity contribution in [2.75, 3.05) is 26.7 Å². The number of likely N-dealkylation sites (N-methyl/N-ethyl adjacent to an activating group) is 1. The number of hydrogen-bond acceptors (Lipinski definition) is 3. The molecule has 98 valence electrons. The van der Waals surface area contributed by atoms with Gasteiger partial charge >= 0.3 is 0 Å². The molecule has 0 aromatic carbocycles. The van der Waals surface area contributed by atoms with Crippen LogP contribution < -0.4 is 5.73 Å². The quantitative estimate of drug-likeness (QED) is 0.746. The number of nitrogens with zero attached hydrogens (tertiary/aromatic N) is 2. The SMILES string of the molecule is CN(CCC(N)=S)C(=O)CN1CCCC1(C)C. The fraction of sp³-hybridized carbons (Fsp3) is 0.833. The Hall–Kier alpha value is -0.680. The molecule has 0 atom stereocenters. The van der Waals surface area contributed by atoms with Crippen molar-refractivity contribution >= 4 is 23.1 Å². The number of nitrogens with two attached hydrogens (primary N) is 1. The Morgan fingerprint density at radius 1 is 1.53 bits per heavy atom. The summed E-state index contributed by atoms with van der Waals surface area (Å²) < 4.78 is 0. The molecule has 4 nitrogen and oxygen atoms in total. The summed E-state index contributed by atoms with van der Waals surface area (Å²) in [4.78, 5) is 16.4. The second-order valence-corrected chi connectivity index (χ2v) is 5.89. The normalized spacial score (nSPS) is 19.2. The van der Waals surface area contributed by atoms with Crippen LogP contribution in [0.2, 0.25) is 0 Å². The maximum Gasteiger partial charge on any atom is 0.236 e. The average Bonchev–Trinajstić information content (AvgIpc) is 2.54. The predicted octanol–water partition coefficient (Wildman–Crippen LogP) is 0.995. The Kier molecular flexibility index (Phi) is 4.89. The van der Waals surface area contributed by atoms with Crippen molar-refractivity contribution in [3.05, 3.63) is 0 Å². The summed E-state index contributed by atoms with van der Waals surface area (Å²) in [6.07, 6.45) is 2.94. The maximum atomic E-state index is 12.0. The van der Waals surface area contributed by atoms with Crippen LogP contribution in [0.3, 0.4) is 0 Å². The first-order valence-corrected chi connectivity index (χ1v) is 6.51. The van der Waals surface area contributed by atoms with Crippen LogP contribution >= 0.6 is 12.2 Å². The van der Waals surface area contributed by atoms with E-state index < -0.39 is 0 Å². The van der Waals surface area contributed by atoms with Gasteiger partial charge in [-0.25, -0.2) is 0 Å². The van der Waals surface area contributed by atoms with Gasteiger partial charge in [-0.2, -0.15) is 0 Å². The van der Waals surface area contributed by atoms with E-state index in [0.717, 1.165) is 13.0 Å². The number of rotatable bonds is 5. The molecule has 0 aliphatic carbocycles. The first kappa shape index (κ1) is 14.4. The van der Waals surface area contributed by atoms with Crippen molar-refractivity contribution in [3.8, 4) is 0 Å². The number of carbonyl (C=O) groups is 1. The first-order chi connectivity index (χ1) is 7.83. The Labute approximate surface area is 109 Å². The lowest BCUT2D eigenvalue weighted by Crippen LogP contribution is -2.45. The van der Waals surface area contributed by atoms with E-state index in [-0.39, 0.29) is 11.4 Å². The smallest absolute Gasteiger partial charge is 0.236 e. The van der Waals surface area contributed by atoms with Gasteiger partial charge < -0.3 is 10.6 Å². The molecule has 1 aliphatic heterocycles. The molecule has 1 heterocycles. The lowest BCUT2D eigenvalue weighted by atomic mass is 10.0. The molecule has 2 N–H and O–H groups in total. The summed E-state index contributed by atoms with van der Waals surface area (Å²) in [5.74, 6) is 0.149. The van der Waals surface area contributed by atoms with Crippen LogP contribution in [0.1, 0.15) is 33.1 Å². The van der Waals surface area contributed by atoms with Crippen molar-refractivity contribution in [2.24, 2.45) is 5.73 Å². The molecule has 0 spiro atoms.